The number of hydrogen-bond donors (Lipinski definition) is 0. The summed E-state index contributed by atoms with van der Waals surface area (Å²) in [5.41, 5.74) is 0.567. The van der Waals surface area contributed by atoms with Crippen LogP contribution in [0.4, 0.5) is 0 Å². The third kappa shape index (κ3) is 1.63. The first kappa shape index (κ1) is 10.8. The van der Waals surface area contributed by atoms with Crippen LogP contribution in [0, 0.1) is 41.4 Å². The molecular formula is C15H22. The molecule has 4 unspecified atom stereocenters. The van der Waals surface area contributed by atoms with Crippen molar-refractivity contribution in [1.82, 2.24) is 0 Å². The molecule has 0 saturated heterocycles. The molecule has 0 aliphatic heterocycles. The molecular weight excluding hydrogens is 180 g/mol. The van der Waals surface area contributed by atoms with Crippen LogP contribution in [0.2, 0.25) is 0 Å². The number of rotatable bonds is 3. The van der Waals surface area contributed by atoms with Gasteiger partial charge in [0.1, 0.15) is 0 Å². The van der Waals surface area contributed by atoms with Crippen molar-refractivity contribution in [3.8, 4) is 12.3 Å². The lowest BCUT2D eigenvalue weighted by Crippen LogP contribution is -2.21. The zero-order chi connectivity index (χ0) is 11.1. The van der Waals surface area contributed by atoms with Crippen molar-refractivity contribution in [3.05, 3.63) is 12.7 Å². The molecule has 15 heavy (non-hydrogen) atoms. The van der Waals surface area contributed by atoms with Gasteiger partial charge in [-0.2, -0.15) is 0 Å². The van der Waals surface area contributed by atoms with Gasteiger partial charge >= 0.3 is 0 Å². The molecule has 82 valence electrons. The Kier molecular flexibility index (Phi) is 2.67. The summed E-state index contributed by atoms with van der Waals surface area (Å²) >= 11 is 0. The highest BCUT2D eigenvalue weighted by atomic mass is 14.7. The average Bonchev–Trinajstić information content (AvgIpc) is 2.78. The Morgan fingerprint density at radius 3 is 2.80 bits per heavy atom. The second-order valence-corrected chi connectivity index (χ2v) is 5.83. The van der Waals surface area contributed by atoms with E-state index in [1.54, 1.807) is 0 Å². The van der Waals surface area contributed by atoms with E-state index in [-0.39, 0.29) is 0 Å². The summed E-state index contributed by atoms with van der Waals surface area (Å²) in [6.07, 6.45) is 12.7. The van der Waals surface area contributed by atoms with Gasteiger partial charge < -0.3 is 0 Å². The van der Waals surface area contributed by atoms with E-state index in [4.69, 9.17) is 6.42 Å². The van der Waals surface area contributed by atoms with Gasteiger partial charge in [0, 0.05) is 5.92 Å². The lowest BCUT2D eigenvalue weighted by atomic mass is 9.77. The summed E-state index contributed by atoms with van der Waals surface area (Å²) < 4.78 is 0. The van der Waals surface area contributed by atoms with Gasteiger partial charge in [-0.3, -0.25) is 0 Å². The summed E-state index contributed by atoms with van der Waals surface area (Å²) in [7, 11) is 0. The maximum Gasteiger partial charge on any atom is 0.0231 e. The molecule has 0 aromatic heterocycles. The predicted octanol–water partition coefficient (Wildman–Crippen LogP) is 3.88. The third-order valence-corrected chi connectivity index (χ3v) is 4.82. The van der Waals surface area contributed by atoms with E-state index in [0.717, 1.165) is 24.2 Å². The fourth-order valence-corrected chi connectivity index (χ4v) is 3.91. The topological polar surface area (TPSA) is 0 Å². The van der Waals surface area contributed by atoms with E-state index in [0.29, 0.717) is 11.3 Å². The maximum atomic E-state index is 5.66. The van der Waals surface area contributed by atoms with E-state index in [9.17, 15) is 0 Å². The first-order chi connectivity index (χ1) is 7.12. The van der Waals surface area contributed by atoms with Crippen molar-refractivity contribution in [2.24, 2.45) is 29.1 Å². The van der Waals surface area contributed by atoms with Gasteiger partial charge in [0.2, 0.25) is 0 Å². The van der Waals surface area contributed by atoms with E-state index in [1.807, 2.05) is 6.08 Å². The Balaban J connectivity index is 2.08. The molecule has 0 spiro atoms. The largest absolute Gasteiger partial charge is 0.120 e. The van der Waals surface area contributed by atoms with Crippen LogP contribution in [0.25, 0.3) is 0 Å². The number of terminal acetylenes is 1. The van der Waals surface area contributed by atoms with Crippen molar-refractivity contribution in [2.45, 2.75) is 39.5 Å². The Labute approximate surface area is 94.1 Å². The quantitative estimate of drug-likeness (QED) is 0.481. The molecule has 2 fully saturated rings. The minimum Gasteiger partial charge on any atom is -0.120 e. The van der Waals surface area contributed by atoms with E-state index in [2.05, 4.69) is 26.3 Å². The summed E-state index contributed by atoms with van der Waals surface area (Å²) in [5.74, 6) is 6.18. The van der Waals surface area contributed by atoms with E-state index >= 15 is 0 Å². The molecule has 2 rings (SSSR count). The lowest BCUT2D eigenvalue weighted by Gasteiger charge is -2.27. The van der Waals surface area contributed by atoms with Crippen molar-refractivity contribution in [2.75, 3.05) is 0 Å². The monoisotopic (exact) mass is 202 g/mol. The van der Waals surface area contributed by atoms with Crippen LogP contribution < -0.4 is 0 Å². The lowest BCUT2D eigenvalue weighted by molar-refractivity contribution is 0.252. The summed E-state index contributed by atoms with van der Waals surface area (Å²) in [6.45, 7) is 8.66. The van der Waals surface area contributed by atoms with Gasteiger partial charge in [0.05, 0.1) is 0 Å². The number of allylic oxidation sites excluding steroid dienone is 1. The molecule has 0 bridgehead atoms. The highest BCUT2D eigenvalue weighted by molar-refractivity contribution is 5.15. The number of hydrogen-bond acceptors (Lipinski definition) is 0. The standard InChI is InChI=1S/C15H22/c1-5-7-8-12-11(6-2)9-10-13-14(12)15(13,3)4/h2,5,11-14H,1,7-10H2,3-4H3. The second kappa shape index (κ2) is 3.71. The first-order valence-corrected chi connectivity index (χ1v) is 6.20. The van der Waals surface area contributed by atoms with Crippen LogP contribution in [0.15, 0.2) is 12.7 Å². The molecule has 2 saturated carbocycles. The highest BCUT2D eigenvalue weighted by Gasteiger charge is 2.62. The van der Waals surface area contributed by atoms with Gasteiger partial charge in [0.15, 0.2) is 0 Å². The van der Waals surface area contributed by atoms with E-state index < -0.39 is 0 Å². The highest BCUT2D eigenvalue weighted by Crippen LogP contribution is 2.68. The van der Waals surface area contributed by atoms with Gasteiger partial charge in [0.25, 0.3) is 0 Å². The molecule has 4 atom stereocenters. The molecule has 0 nitrogen and oxygen atoms in total. The van der Waals surface area contributed by atoms with Gasteiger partial charge in [-0.05, 0) is 48.9 Å². The second-order valence-electron chi connectivity index (χ2n) is 5.83. The van der Waals surface area contributed by atoms with Crippen molar-refractivity contribution in [1.29, 1.82) is 0 Å². The van der Waals surface area contributed by atoms with Crippen LogP contribution in [0.3, 0.4) is 0 Å². The minimum atomic E-state index is 0.535. The Bertz CT molecular complexity index is 292. The third-order valence-electron chi connectivity index (χ3n) is 4.82. The van der Waals surface area contributed by atoms with Crippen LogP contribution in [0.5, 0.6) is 0 Å². The summed E-state index contributed by atoms with van der Waals surface area (Å²) in [4.78, 5) is 0. The molecule has 0 heterocycles. The average molecular weight is 202 g/mol. The molecule has 0 heteroatoms. The molecule has 0 radical (unpaired) electrons. The Morgan fingerprint density at radius 2 is 2.20 bits per heavy atom. The minimum absolute atomic E-state index is 0.535. The molecule has 0 aromatic rings. The summed E-state index contributed by atoms with van der Waals surface area (Å²) in [6, 6.07) is 0. The molecule has 0 aromatic carbocycles. The van der Waals surface area contributed by atoms with Crippen LogP contribution in [-0.4, -0.2) is 0 Å². The first-order valence-electron chi connectivity index (χ1n) is 6.20. The SMILES string of the molecule is C#CC1CCC2C(C1CCC=C)C2(C)C. The van der Waals surface area contributed by atoms with Gasteiger partial charge in [-0.1, -0.05) is 19.9 Å². The zero-order valence-electron chi connectivity index (χ0n) is 10.00. The molecule has 0 N–H and O–H groups in total. The smallest absolute Gasteiger partial charge is 0.0231 e. The van der Waals surface area contributed by atoms with Crippen molar-refractivity contribution in [3.63, 3.8) is 0 Å². The van der Waals surface area contributed by atoms with Crippen molar-refractivity contribution >= 4 is 0 Å². The fourth-order valence-electron chi connectivity index (χ4n) is 3.91. The normalized spacial score (nSPS) is 41.4. The Morgan fingerprint density at radius 1 is 1.47 bits per heavy atom. The van der Waals surface area contributed by atoms with Gasteiger partial charge in [-0.15, -0.1) is 18.9 Å². The van der Waals surface area contributed by atoms with Crippen molar-refractivity contribution < 1.29 is 0 Å². The summed E-state index contributed by atoms with van der Waals surface area (Å²) in [5, 5.41) is 0. The predicted molar refractivity (Wildman–Crippen MR) is 65.2 cm³/mol. The van der Waals surface area contributed by atoms with E-state index in [1.165, 1.54) is 19.3 Å². The van der Waals surface area contributed by atoms with Crippen LogP contribution in [0.1, 0.15) is 39.5 Å². The fraction of sp³-hybridized carbons (Fsp3) is 0.733. The number of fused-ring (bicyclic) bond motifs is 1. The molecule has 2 aliphatic rings. The Hall–Kier alpha value is -0.700. The molecule has 0 amide bonds. The maximum absolute atomic E-state index is 5.66. The van der Waals surface area contributed by atoms with Crippen LogP contribution in [-0.2, 0) is 0 Å². The zero-order valence-corrected chi connectivity index (χ0v) is 10.00. The molecule has 2 aliphatic carbocycles. The van der Waals surface area contributed by atoms with Crippen LogP contribution >= 0.6 is 0 Å². The van der Waals surface area contributed by atoms with Gasteiger partial charge in [-0.25, -0.2) is 0 Å².